The van der Waals surface area contributed by atoms with Crippen molar-refractivity contribution in [2.24, 2.45) is 5.92 Å². The van der Waals surface area contributed by atoms with Gasteiger partial charge in [0.05, 0.1) is 5.69 Å². The molecule has 0 saturated carbocycles. The van der Waals surface area contributed by atoms with Gasteiger partial charge in [-0.25, -0.2) is 8.78 Å². The average Bonchev–Trinajstić information content (AvgIpc) is 2.85. The van der Waals surface area contributed by atoms with Crippen LogP contribution in [-0.4, -0.2) is 31.0 Å². The molecule has 0 radical (unpaired) electrons. The Balaban J connectivity index is 1.55. The highest BCUT2D eigenvalue weighted by atomic mass is 19.3. The number of amides is 1. The van der Waals surface area contributed by atoms with Gasteiger partial charge in [0.15, 0.2) is 0 Å². The van der Waals surface area contributed by atoms with Crippen LogP contribution in [0.15, 0.2) is 24.3 Å². The number of piperidine rings is 1. The second kappa shape index (κ2) is 7.25. The molecule has 2 N–H and O–H groups in total. The van der Waals surface area contributed by atoms with Gasteiger partial charge in [0.25, 0.3) is 6.43 Å². The fourth-order valence-corrected chi connectivity index (χ4v) is 3.65. The van der Waals surface area contributed by atoms with Crippen LogP contribution in [0.25, 0.3) is 0 Å². The standard InChI is InChI=1S/C17H22F2N2O2/c18-16(19)10-23-15-4-2-1-3-14(15)21-17(22)9-11-7-12-5-6-13(8-11)20-12/h1-4,11-13,16,20H,5-10H2,(H,21,22). The van der Waals surface area contributed by atoms with Crippen molar-refractivity contribution >= 4 is 11.6 Å². The highest BCUT2D eigenvalue weighted by molar-refractivity contribution is 5.92. The fourth-order valence-electron chi connectivity index (χ4n) is 3.65. The molecule has 3 rings (SSSR count). The van der Waals surface area contributed by atoms with E-state index in [0.717, 1.165) is 12.8 Å². The van der Waals surface area contributed by atoms with Crippen molar-refractivity contribution in [2.45, 2.75) is 50.6 Å². The van der Waals surface area contributed by atoms with Gasteiger partial charge in [-0.1, -0.05) is 12.1 Å². The zero-order chi connectivity index (χ0) is 16.2. The molecule has 0 aromatic heterocycles. The van der Waals surface area contributed by atoms with E-state index in [1.54, 1.807) is 24.3 Å². The number of para-hydroxylation sites is 2. The Bertz CT molecular complexity index is 541. The Labute approximate surface area is 134 Å². The summed E-state index contributed by atoms with van der Waals surface area (Å²) >= 11 is 0. The predicted molar refractivity (Wildman–Crippen MR) is 83.9 cm³/mol. The molecule has 2 aliphatic rings. The SMILES string of the molecule is O=C(CC1CC2CCC(C1)N2)Nc1ccccc1OCC(F)F. The van der Waals surface area contributed by atoms with Crippen molar-refractivity contribution in [1.29, 1.82) is 0 Å². The summed E-state index contributed by atoms with van der Waals surface area (Å²) in [5.41, 5.74) is 0.454. The lowest BCUT2D eigenvalue weighted by molar-refractivity contribution is -0.117. The van der Waals surface area contributed by atoms with Crippen LogP contribution in [0.1, 0.15) is 32.1 Å². The van der Waals surface area contributed by atoms with E-state index in [0.29, 0.717) is 30.1 Å². The van der Waals surface area contributed by atoms with Crippen LogP contribution in [-0.2, 0) is 4.79 Å². The van der Waals surface area contributed by atoms with E-state index >= 15 is 0 Å². The minimum Gasteiger partial charge on any atom is -0.485 e. The molecule has 2 unspecified atom stereocenters. The predicted octanol–water partition coefficient (Wildman–Crippen LogP) is 3.19. The maximum absolute atomic E-state index is 12.3. The second-order valence-electron chi connectivity index (χ2n) is 6.43. The number of carbonyl (C=O) groups is 1. The summed E-state index contributed by atoms with van der Waals surface area (Å²) in [5, 5.41) is 6.36. The van der Waals surface area contributed by atoms with Crippen molar-refractivity contribution < 1.29 is 18.3 Å². The number of benzene rings is 1. The van der Waals surface area contributed by atoms with Crippen LogP contribution < -0.4 is 15.4 Å². The number of halogens is 2. The summed E-state index contributed by atoms with van der Waals surface area (Å²) in [6.07, 6.45) is 2.41. The first-order valence-corrected chi connectivity index (χ1v) is 8.16. The maximum Gasteiger partial charge on any atom is 0.272 e. The summed E-state index contributed by atoms with van der Waals surface area (Å²) in [4.78, 5) is 12.3. The Hall–Kier alpha value is -1.69. The molecule has 2 bridgehead atoms. The smallest absolute Gasteiger partial charge is 0.272 e. The molecule has 2 atom stereocenters. The van der Waals surface area contributed by atoms with Crippen LogP contribution in [0.4, 0.5) is 14.5 Å². The number of nitrogens with one attached hydrogen (secondary N) is 2. The zero-order valence-electron chi connectivity index (χ0n) is 12.9. The van der Waals surface area contributed by atoms with Gasteiger partial charge in [0.2, 0.25) is 5.91 Å². The number of carbonyl (C=O) groups excluding carboxylic acids is 1. The summed E-state index contributed by atoms with van der Waals surface area (Å²) in [6, 6.07) is 7.80. The molecule has 23 heavy (non-hydrogen) atoms. The molecule has 2 aliphatic heterocycles. The van der Waals surface area contributed by atoms with E-state index < -0.39 is 13.0 Å². The van der Waals surface area contributed by atoms with Crippen molar-refractivity contribution in [3.05, 3.63) is 24.3 Å². The van der Waals surface area contributed by atoms with Gasteiger partial charge in [-0.05, 0) is 43.7 Å². The summed E-state index contributed by atoms with van der Waals surface area (Å²) in [5.74, 6) is 0.596. The second-order valence-corrected chi connectivity index (χ2v) is 6.43. The van der Waals surface area contributed by atoms with E-state index in [4.69, 9.17) is 4.74 Å². The zero-order valence-corrected chi connectivity index (χ0v) is 12.9. The number of alkyl halides is 2. The van der Waals surface area contributed by atoms with Gasteiger partial charge in [-0.3, -0.25) is 4.79 Å². The normalized spacial score (nSPS) is 26.3. The lowest BCUT2D eigenvalue weighted by Crippen LogP contribution is -2.39. The number of rotatable bonds is 6. The largest absolute Gasteiger partial charge is 0.485 e. The van der Waals surface area contributed by atoms with Crippen molar-refractivity contribution in [3.63, 3.8) is 0 Å². The molecule has 126 valence electrons. The van der Waals surface area contributed by atoms with Crippen molar-refractivity contribution in [3.8, 4) is 5.75 Å². The molecule has 1 aromatic rings. The van der Waals surface area contributed by atoms with E-state index in [1.807, 2.05) is 0 Å². The lowest BCUT2D eigenvalue weighted by Gasteiger charge is -2.28. The molecule has 4 nitrogen and oxygen atoms in total. The van der Waals surface area contributed by atoms with Crippen LogP contribution in [0, 0.1) is 5.92 Å². The molecule has 6 heteroatoms. The topological polar surface area (TPSA) is 50.4 Å². The highest BCUT2D eigenvalue weighted by Gasteiger charge is 2.34. The molecule has 0 spiro atoms. The van der Waals surface area contributed by atoms with Crippen molar-refractivity contribution in [1.82, 2.24) is 5.32 Å². The lowest BCUT2D eigenvalue weighted by atomic mass is 9.89. The molecule has 1 amide bonds. The number of hydrogen-bond donors (Lipinski definition) is 2. The average molecular weight is 324 g/mol. The number of fused-ring (bicyclic) bond motifs is 2. The Morgan fingerprint density at radius 1 is 1.26 bits per heavy atom. The fraction of sp³-hybridized carbons (Fsp3) is 0.588. The van der Waals surface area contributed by atoms with Gasteiger partial charge >= 0.3 is 0 Å². The van der Waals surface area contributed by atoms with E-state index in [1.165, 1.54) is 12.8 Å². The third kappa shape index (κ3) is 4.41. The van der Waals surface area contributed by atoms with E-state index in [9.17, 15) is 13.6 Å². The quantitative estimate of drug-likeness (QED) is 0.845. The molecule has 0 aliphatic carbocycles. The maximum atomic E-state index is 12.3. The molecular weight excluding hydrogens is 302 g/mol. The summed E-state index contributed by atoms with van der Waals surface area (Å²) < 4.78 is 29.6. The molecule has 2 fully saturated rings. The Kier molecular flexibility index (Phi) is 5.10. The molecule has 2 heterocycles. The van der Waals surface area contributed by atoms with Gasteiger partial charge in [0, 0.05) is 18.5 Å². The Morgan fingerprint density at radius 2 is 1.96 bits per heavy atom. The van der Waals surface area contributed by atoms with Gasteiger partial charge in [-0.2, -0.15) is 0 Å². The highest BCUT2D eigenvalue weighted by Crippen LogP contribution is 2.33. The third-order valence-corrected chi connectivity index (χ3v) is 4.57. The van der Waals surface area contributed by atoms with Gasteiger partial charge in [0.1, 0.15) is 12.4 Å². The van der Waals surface area contributed by atoms with Gasteiger partial charge < -0.3 is 15.4 Å². The molecule has 2 saturated heterocycles. The third-order valence-electron chi connectivity index (χ3n) is 4.57. The first kappa shape index (κ1) is 16.2. The minimum absolute atomic E-state index is 0.0793. The molecule has 1 aromatic carbocycles. The van der Waals surface area contributed by atoms with Gasteiger partial charge in [-0.15, -0.1) is 0 Å². The first-order chi connectivity index (χ1) is 11.1. The van der Waals surface area contributed by atoms with Crippen LogP contribution in [0.5, 0.6) is 5.75 Å². The summed E-state index contributed by atoms with van der Waals surface area (Å²) in [6.45, 7) is -0.676. The van der Waals surface area contributed by atoms with E-state index in [-0.39, 0.29) is 11.7 Å². The Morgan fingerprint density at radius 3 is 2.65 bits per heavy atom. The van der Waals surface area contributed by atoms with Crippen LogP contribution in [0.2, 0.25) is 0 Å². The number of anilines is 1. The number of ether oxygens (including phenoxy) is 1. The molecular formula is C17H22F2N2O2. The van der Waals surface area contributed by atoms with Crippen LogP contribution in [0.3, 0.4) is 0 Å². The minimum atomic E-state index is -2.54. The summed E-state index contributed by atoms with van der Waals surface area (Å²) in [7, 11) is 0. The van der Waals surface area contributed by atoms with Crippen molar-refractivity contribution in [2.75, 3.05) is 11.9 Å². The van der Waals surface area contributed by atoms with E-state index in [2.05, 4.69) is 10.6 Å². The van der Waals surface area contributed by atoms with Crippen LogP contribution >= 0.6 is 0 Å². The monoisotopic (exact) mass is 324 g/mol. The first-order valence-electron chi connectivity index (χ1n) is 8.16. The number of hydrogen-bond acceptors (Lipinski definition) is 3.